The number of likely N-dealkylation sites (N-methyl/N-ethyl adjacent to an activating group) is 1. The number of amides is 1. The Labute approximate surface area is 134 Å². The Kier molecular flexibility index (Phi) is 5.83. The first-order valence-electron chi connectivity index (χ1n) is 8.29. The zero-order valence-corrected chi connectivity index (χ0v) is 14.3. The minimum Gasteiger partial charge on any atom is -0.374 e. The van der Waals surface area contributed by atoms with E-state index >= 15 is 0 Å². The molecule has 1 atom stereocenters. The van der Waals surface area contributed by atoms with Gasteiger partial charge < -0.3 is 15.1 Å². The number of carbonyl (C=O) groups is 1. The monoisotopic (exact) mass is 303 g/mol. The van der Waals surface area contributed by atoms with E-state index in [9.17, 15) is 4.79 Å². The number of piperidine rings is 1. The number of likely N-dealkylation sites (tertiary alicyclic amines) is 1. The molecule has 0 aromatic heterocycles. The molecule has 22 heavy (non-hydrogen) atoms. The van der Waals surface area contributed by atoms with Gasteiger partial charge in [0.2, 0.25) is 0 Å². The zero-order chi connectivity index (χ0) is 16.1. The van der Waals surface area contributed by atoms with Crippen molar-refractivity contribution in [3.63, 3.8) is 0 Å². The molecule has 4 heteroatoms. The van der Waals surface area contributed by atoms with Crippen molar-refractivity contribution >= 4 is 11.6 Å². The molecule has 0 bridgehead atoms. The number of anilines is 1. The number of rotatable bonds is 5. The van der Waals surface area contributed by atoms with Gasteiger partial charge in [-0.25, -0.2) is 0 Å². The lowest BCUT2D eigenvalue weighted by atomic mass is 10.0. The fourth-order valence-electron chi connectivity index (χ4n) is 3.09. The largest absolute Gasteiger partial charge is 0.374 e. The van der Waals surface area contributed by atoms with Crippen molar-refractivity contribution in [1.82, 2.24) is 10.2 Å². The van der Waals surface area contributed by atoms with E-state index in [1.54, 1.807) is 0 Å². The topological polar surface area (TPSA) is 35.6 Å². The first-order chi connectivity index (χ1) is 10.5. The summed E-state index contributed by atoms with van der Waals surface area (Å²) in [6.45, 7) is 7.12. The predicted molar refractivity (Wildman–Crippen MR) is 92.5 cm³/mol. The number of carbonyl (C=O) groups excluding carboxylic acids is 1. The van der Waals surface area contributed by atoms with Gasteiger partial charge in [0.25, 0.3) is 5.91 Å². The molecule has 1 amide bonds. The van der Waals surface area contributed by atoms with Crippen molar-refractivity contribution in [1.29, 1.82) is 0 Å². The Morgan fingerprint density at radius 1 is 1.36 bits per heavy atom. The van der Waals surface area contributed by atoms with Crippen LogP contribution in [0.15, 0.2) is 24.3 Å². The number of benzene rings is 1. The molecule has 1 unspecified atom stereocenters. The summed E-state index contributed by atoms with van der Waals surface area (Å²) in [6.07, 6.45) is 2.23. The highest BCUT2D eigenvalue weighted by molar-refractivity contribution is 5.94. The molecule has 1 heterocycles. The molecular weight excluding hydrogens is 274 g/mol. The van der Waals surface area contributed by atoms with E-state index in [-0.39, 0.29) is 5.91 Å². The first kappa shape index (κ1) is 16.8. The SMILES string of the molecule is CNC1CCCN(C(=O)c2ccc(N(C)CC(C)C)cc2)C1. The van der Waals surface area contributed by atoms with E-state index < -0.39 is 0 Å². The zero-order valence-electron chi connectivity index (χ0n) is 14.3. The molecule has 1 saturated heterocycles. The van der Waals surface area contributed by atoms with Crippen LogP contribution in [0.4, 0.5) is 5.69 Å². The minimum atomic E-state index is 0.151. The van der Waals surface area contributed by atoms with E-state index in [0.29, 0.717) is 12.0 Å². The fraction of sp³-hybridized carbons (Fsp3) is 0.611. The van der Waals surface area contributed by atoms with Crippen molar-refractivity contribution in [2.45, 2.75) is 32.7 Å². The van der Waals surface area contributed by atoms with Gasteiger partial charge in [0, 0.05) is 44.0 Å². The van der Waals surface area contributed by atoms with Gasteiger partial charge >= 0.3 is 0 Å². The fourth-order valence-corrected chi connectivity index (χ4v) is 3.09. The third-order valence-corrected chi connectivity index (χ3v) is 4.31. The second kappa shape index (κ2) is 7.63. The second-order valence-corrected chi connectivity index (χ2v) is 6.70. The molecule has 0 saturated carbocycles. The molecule has 1 aromatic rings. The van der Waals surface area contributed by atoms with Crippen molar-refractivity contribution < 1.29 is 4.79 Å². The summed E-state index contributed by atoms with van der Waals surface area (Å²) in [5.41, 5.74) is 1.95. The number of nitrogens with zero attached hydrogens (tertiary/aromatic N) is 2. The van der Waals surface area contributed by atoms with E-state index in [0.717, 1.165) is 43.7 Å². The Balaban J connectivity index is 2.01. The molecule has 2 rings (SSSR count). The van der Waals surface area contributed by atoms with Gasteiger partial charge in [-0.15, -0.1) is 0 Å². The maximum atomic E-state index is 12.6. The molecule has 4 nitrogen and oxygen atoms in total. The molecule has 122 valence electrons. The summed E-state index contributed by atoms with van der Waals surface area (Å²) >= 11 is 0. The van der Waals surface area contributed by atoms with Crippen molar-refractivity contribution in [2.24, 2.45) is 5.92 Å². The Morgan fingerprint density at radius 2 is 2.05 bits per heavy atom. The maximum Gasteiger partial charge on any atom is 0.253 e. The molecular formula is C18H29N3O. The summed E-state index contributed by atoms with van der Waals surface area (Å²) < 4.78 is 0. The normalized spacial score (nSPS) is 18.6. The lowest BCUT2D eigenvalue weighted by molar-refractivity contribution is 0.0698. The van der Waals surface area contributed by atoms with Gasteiger partial charge in [-0.3, -0.25) is 4.79 Å². The Morgan fingerprint density at radius 3 is 2.64 bits per heavy atom. The van der Waals surface area contributed by atoms with E-state index in [1.807, 2.05) is 24.1 Å². The molecule has 1 fully saturated rings. The van der Waals surface area contributed by atoms with Crippen LogP contribution in [0.1, 0.15) is 37.0 Å². The first-order valence-corrected chi connectivity index (χ1v) is 8.29. The standard InChI is InChI=1S/C18H29N3O/c1-14(2)12-20(4)17-9-7-15(8-10-17)18(22)21-11-5-6-16(13-21)19-3/h7-10,14,16,19H,5-6,11-13H2,1-4H3. The minimum absolute atomic E-state index is 0.151. The Hall–Kier alpha value is -1.55. The number of hydrogen-bond donors (Lipinski definition) is 1. The van der Waals surface area contributed by atoms with Gasteiger partial charge in [-0.1, -0.05) is 13.8 Å². The molecule has 1 aliphatic heterocycles. The summed E-state index contributed by atoms with van der Waals surface area (Å²) in [4.78, 5) is 16.8. The smallest absolute Gasteiger partial charge is 0.253 e. The lowest BCUT2D eigenvalue weighted by Crippen LogP contribution is -2.46. The molecule has 0 aliphatic carbocycles. The quantitative estimate of drug-likeness (QED) is 0.908. The van der Waals surface area contributed by atoms with Crippen LogP contribution in [0, 0.1) is 5.92 Å². The van der Waals surface area contributed by atoms with E-state index in [1.165, 1.54) is 0 Å². The highest BCUT2D eigenvalue weighted by Gasteiger charge is 2.23. The second-order valence-electron chi connectivity index (χ2n) is 6.70. The lowest BCUT2D eigenvalue weighted by Gasteiger charge is -2.32. The molecule has 1 N–H and O–H groups in total. The summed E-state index contributed by atoms with van der Waals surface area (Å²) in [5.74, 6) is 0.774. The van der Waals surface area contributed by atoms with Gasteiger partial charge in [0.05, 0.1) is 0 Å². The highest BCUT2D eigenvalue weighted by atomic mass is 16.2. The van der Waals surface area contributed by atoms with E-state index in [2.05, 4.69) is 43.2 Å². The van der Waals surface area contributed by atoms with Crippen LogP contribution in [-0.2, 0) is 0 Å². The molecule has 1 aliphatic rings. The molecule has 1 aromatic carbocycles. The van der Waals surface area contributed by atoms with Gasteiger partial charge in [-0.05, 0) is 50.1 Å². The predicted octanol–water partition coefficient (Wildman–Crippen LogP) is 2.60. The summed E-state index contributed by atoms with van der Waals surface area (Å²) in [7, 11) is 4.07. The third kappa shape index (κ3) is 4.23. The third-order valence-electron chi connectivity index (χ3n) is 4.31. The van der Waals surface area contributed by atoms with Crippen LogP contribution in [0.5, 0.6) is 0 Å². The van der Waals surface area contributed by atoms with Crippen LogP contribution in [-0.4, -0.2) is 50.6 Å². The average Bonchev–Trinajstić information content (AvgIpc) is 2.53. The number of hydrogen-bond acceptors (Lipinski definition) is 3. The van der Waals surface area contributed by atoms with E-state index in [4.69, 9.17) is 0 Å². The van der Waals surface area contributed by atoms with Crippen LogP contribution in [0.2, 0.25) is 0 Å². The molecule has 0 spiro atoms. The van der Waals surface area contributed by atoms with Crippen LogP contribution in [0.3, 0.4) is 0 Å². The van der Waals surface area contributed by atoms with Crippen molar-refractivity contribution in [3.8, 4) is 0 Å². The van der Waals surface area contributed by atoms with Crippen LogP contribution < -0.4 is 10.2 Å². The van der Waals surface area contributed by atoms with Crippen LogP contribution in [0.25, 0.3) is 0 Å². The average molecular weight is 303 g/mol. The van der Waals surface area contributed by atoms with Crippen molar-refractivity contribution in [3.05, 3.63) is 29.8 Å². The highest BCUT2D eigenvalue weighted by Crippen LogP contribution is 2.18. The van der Waals surface area contributed by atoms with Gasteiger partial charge in [-0.2, -0.15) is 0 Å². The van der Waals surface area contributed by atoms with Crippen LogP contribution >= 0.6 is 0 Å². The van der Waals surface area contributed by atoms with Crippen molar-refractivity contribution in [2.75, 3.05) is 38.6 Å². The van der Waals surface area contributed by atoms with Gasteiger partial charge in [0.15, 0.2) is 0 Å². The summed E-state index contributed by atoms with van der Waals surface area (Å²) in [6, 6.07) is 8.44. The molecule has 0 radical (unpaired) electrons. The number of nitrogens with one attached hydrogen (secondary N) is 1. The maximum absolute atomic E-state index is 12.6. The van der Waals surface area contributed by atoms with Gasteiger partial charge in [0.1, 0.15) is 0 Å². The summed E-state index contributed by atoms with van der Waals surface area (Å²) in [5, 5.41) is 3.28. The Bertz CT molecular complexity index is 484.